The van der Waals surface area contributed by atoms with Crippen molar-refractivity contribution in [2.45, 2.75) is 26.7 Å². The third-order valence-electron chi connectivity index (χ3n) is 5.33. The molecule has 0 saturated carbocycles. The number of aromatic nitrogens is 4. The number of amides is 1. The lowest BCUT2D eigenvalue weighted by molar-refractivity contribution is -0.121. The predicted molar refractivity (Wildman–Crippen MR) is 114 cm³/mol. The summed E-state index contributed by atoms with van der Waals surface area (Å²) in [5, 5.41) is 8.16. The highest BCUT2D eigenvalue weighted by Crippen LogP contribution is 2.23. The third kappa shape index (κ3) is 4.62. The van der Waals surface area contributed by atoms with Gasteiger partial charge in [0.25, 0.3) is 0 Å². The van der Waals surface area contributed by atoms with Gasteiger partial charge in [-0.25, -0.2) is 9.97 Å². The zero-order chi connectivity index (χ0) is 20.4. The minimum absolute atomic E-state index is 0.00897. The zero-order valence-electron chi connectivity index (χ0n) is 17.3. The van der Waals surface area contributed by atoms with Crippen LogP contribution in [0.2, 0.25) is 0 Å². The fraction of sp³-hybridized carbons (Fsp3) is 0.455. The van der Waals surface area contributed by atoms with Crippen molar-refractivity contribution in [3.8, 4) is 11.3 Å². The summed E-state index contributed by atoms with van der Waals surface area (Å²) in [6, 6.07) is 5.81. The van der Waals surface area contributed by atoms with Gasteiger partial charge in [-0.2, -0.15) is 5.10 Å². The number of aryl methyl sites for hydroxylation is 1. The summed E-state index contributed by atoms with van der Waals surface area (Å²) in [6.07, 6.45) is 7.48. The van der Waals surface area contributed by atoms with Crippen LogP contribution in [0, 0.1) is 11.8 Å². The second-order valence-corrected chi connectivity index (χ2v) is 8.34. The van der Waals surface area contributed by atoms with Gasteiger partial charge in [-0.15, -0.1) is 0 Å². The molecule has 1 aliphatic rings. The standard InChI is InChI=1S/C22H28N6O/c1-15(2)12-28-8-4-5-17(14-28)22(29)26-21-9-20-16(10-23-21)6-7-19(25-20)18-11-24-27(3)13-18/h6-7,9-11,13,15,17H,4-5,8,12,14H2,1-3H3,(H,23,26,29)/t17-/m1/s1. The highest BCUT2D eigenvalue weighted by molar-refractivity contribution is 5.93. The van der Waals surface area contributed by atoms with Crippen LogP contribution in [0.15, 0.2) is 36.8 Å². The molecule has 0 spiro atoms. The molecule has 0 aromatic carbocycles. The molecule has 3 aromatic rings. The van der Waals surface area contributed by atoms with Gasteiger partial charge in [0, 0.05) is 49.5 Å². The molecule has 0 unspecified atom stereocenters. The molecule has 1 saturated heterocycles. The second-order valence-electron chi connectivity index (χ2n) is 8.34. The number of pyridine rings is 2. The third-order valence-corrected chi connectivity index (χ3v) is 5.33. The van der Waals surface area contributed by atoms with Crippen molar-refractivity contribution in [3.05, 3.63) is 36.8 Å². The normalized spacial score (nSPS) is 17.7. The Morgan fingerprint density at radius 2 is 2.17 bits per heavy atom. The number of carbonyl (C=O) groups is 1. The van der Waals surface area contributed by atoms with Gasteiger partial charge >= 0.3 is 0 Å². The van der Waals surface area contributed by atoms with Gasteiger partial charge in [0.1, 0.15) is 5.82 Å². The van der Waals surface area contributed by atoms with Crippen molar-refractivity contribution >= 4 is 22.6 Å². The summed E-state index contributed by atoms with van der Waals surface area (Å²) in [5.41, 5.74) is 2.62. The number of nitrogens with one attached hydrogen (secondary N) is 1. The summed E-state index contributed by atoms with van der Waals surface area (Å²) < 4.78 is 1.76. The van der Waals surface area contributed by atoms with Crippen molar-refractivity contribution in [1.29, 1.82) is 0 Å². The topological polar surface area (TPSA) is 75.9 Å². The summed E-state index contributed by atoms with van der Waals surface area (Å²) in [6.45, 7) is 7.38. The van der Waals surface area contributed by atoms with E-state index in [-0.39, 0.29) is 11.8 Å². The van der Waals surface area contributed by atoms with Crippen LogP contribution in [0.1, 0.15) is 26.7 Å². The van der Waals surface area contributed by atoms with Crippen LogP contribution in [0.25, 0.3) is 22.2 Å². The van der Waals surface area contributed by atoms with E-state index in [1.807, 2.05) is 31.4 Å². The number of hydrogen-bond acceptors (Lipinski definition) is 5. The van der Waals surface area contributed by atoms with Gasteiger partial charge in [-0.3, -0.25) is 9.48 Å². The Bertz CT molecular complexity index is 1010. The smallest absolute Gasteiger partial charge is 0.229 e. The van der Waals surface area contributed by atoms with E-state index in [1.54, 1.807) is 17.1 Å². The van der Waals surface area contributed by atoms with Gasteiger partial charge in [-0.1, -0.05) is 13.8 Å². The Morgan fingerprint density at radius 3 is 2.93 bits per heavy atom. The van der Waals surface area contributed by atoms with Crippen molar-refractivity contribution < 1.29 is 4.79 Å². The molecular weight excluding hydrogens is 364 g/mol. The van der Waals surface area contributed by atoms with E-state index in [0.29, 0.717) is 11.7 Å². The molecule has 7 heteroatoms. The number of hydrogen-bond donors (Lipinski definition) is 1. The molecule has 1 atom stereocenters. The maximum absolute atomic E-state index is 12.8. The lowest BCUT2D eigenvalue weighted by atomic mass is 9.96. The number of piperidine rings is 1. The fourth-order valence-corrected chi connectivity index (χ4v) is 3.98. The highest BCUT2D eigenvalue weighted by atomic mass is 16.2. The van der Waals surface area contributed by atoms with E-state index < -0.39 is 0 Å². The highest BCUT2D eigenvalue weighted by Gasteiger charge is 2.26. The van der Waals surface area contributed by atoms with Gasteiger partial charge in [0.05, 0.1) is 23.3 Å². The van der Waals surface area contributed by atoms with Crippen molar-refractivity contribution in [1.82, 2.24) is 24.6 Å². The van der Waals surface area contributed by atoms with E-state index in [1.165, 1.54) is 0 Å². The average Bonchev–Trinajstić information content (AvgIpc) is 3.13. The molecule has 0 radical (unpaired) electrons. The Labute approximate surface area is 171 Å². The summed E-state index contributed by atoms with van der Waals surface area (Å²) >= 11 is 0. The zero-order valence-corrected chi connectivity index (χ0v) is 17.3. The number of anilines is 1. The van der Waals surface area contributed by atoms with E-state index in [4.69, 9.17) is 4.98 Å². The Kier molecular flexibility index (Phi) is 5.58. The van der Waals surface area contributed by atoms with Crippen molar-refractivity contribution in [3.63, 3.8) is 0 Å². The van der Waals surface area contributed by atoms with E-state index >= 15 is 0 Å². The van der Waals surface area contributed by atoms with Crippen LogP contribution in [-0.2, 0) is 11.8 Å². The Balaban J connectivity index is 1.49. The first-order valence-electron chi connectivity index (χ1n) is 10.3. The SMILES string of the molecule is CC(C)CN1CCC[C@@H](C(=O)Nc2cc3nc(-c4cnn(C)c4)ccc3cn2)C1. The Morgan fingerprint density at radius 1 is 1.31 bits per heavy atom. The number of likely N-dealkylation sites (tertiary alicyclic amines) is 1. The maximum atomic E-state index is 12.8. The molecule has 4 rings (SSSR count). The molecule has 1 fully saturated rings. The second kappa shape index (κ2) is 8.29. The number of nitrogens with zero attached hydrogens (tertiary/aromatic N) is 5. The molecule has 0 bridgehead atoms. The molecule has 4 heterocycles. The maximum Gasteiger partial charge on any atom is 0.229 e. The van der Waals surface area contributed by atoms with E-state index in [9.17, 15) is 4.79 Å². The monoisotopic (exact) mass is 392 g/mol. The minimum Gasteiger partial charge on any atom is -0.310 e. The largest absolute Gasteiger partial charge is 0.310 e. The molecule has 29 heavy (non-hydrogen) atoms. The quantitative estimate of drug-likeness (QED) is 0.721. The number of rotatable bonds is 5. The van der Waals surface area contributed by atoms with Crippen LogP contribution in [0.3, 0.4) is 0 Å². The van der Waals surface area contributed by atoms with Crippen molar-refractivity contribution in [2.75, 3.05) is 25.0 Å². The molecular formula is C22H28N6O. The van der Waals surface area contributed by atoms with Crippen LogP contribution >= 0.6 is 0 Å². The van der Waals surface area contributed by atoms with E-state index in [0.717, 1.165) is 54.6 Å². The molecule has 0 aliphatic carbocycles. The predicted octanol–water partition coefficient (Wildman–Crippen LogP) is 3.34. The summed E-state index contributed by atoms with van der Waals surface area (Å²) in [7, 11) is 1.88. The number of carbonyl (C=O) groups excluding carboxylic acids is 1. The van der Waals surface area contributed by atoms with Crippen LogP contribution in [0.5, 0.6) is 0 Å². The fourth-order valence-electron chi connectivity index (χ4n) is 3.98. The van der Waals surface area contributed by atoms with Crippen molar-refractivity contribution in [2.24, 2.45) is 18.9 Å². The van der Waals surface area contributed by atoms with Crippen LogP contribution in [-0.4, -0.2) is 50.2 Å². The van der Waals surface area contributed by atoms with Crippen LogP contribution in [0.4, 0.5) is 5.82 Å². The number of fused-ring (bicyclic) bond motifs is 1. The summed E-state index contributed by atoms with van der Waals surface area (Å²) in [4.78, 5) is 24.4. The first kappa shape index (κ1) is 19.5. The van der Waals surface area contributed by atoms with E-state index in [2.05, 4.69) is 34.1 Å². The van der Waals surface area contributed by atoms with Gasteiger partial charge < -0.3 is 10.2 Å². The minimum atomic E-state index is 0.00897. The first-order valence-corrected chi connectivity index (χ1v) is 10.3. The van der Waals surface area contributed by atoms with Crippen LogP contribution < -0.4 is 5.32 Å². The molecule has 3 aromatic heterocycles. The molecule has 152 valence electrons. The average molecular weight is 393 g/mol. The summed E-state index contributed by atoms with van der Waals surface area (Å²) in [5.74, 6) is 1.22. The molecule has 1 N–H and O–H groups in total. The van der Waals surface area contributed by atoms with Gasteiger partial charge in [0.15, 0.2) is 0 Å². The van der Waals surface area contributed by atoms with Gasteiger partial charge in [-0.05, 0) is 37.4 Å². The lowest BCUT2D eigenvalue weighted by Crippen LogP contribution is -2.42. The van der Waals surface area contributed by atoms with Gasteiger partial charge in [0.2, 0.25) is 5.91 Å². The molecule has 1 aliphatic heterocycles. The molecule has 7 nitrogen and oxygen atoms in total. The Hall–Kier alpha value is -2.80. The first-order chi connectivity index (χ1) is 14.0. The molecule has 1 amide bonds. The lowest BCUT2D eigenvalue weighted by Gasteiger charge is -2.32.